The SMILES string of the molecule is CC1CCCN(S(=O)(=O)c2ccc(N)c([N+](=O)[O-])c2)C1C. The third-order valence-corrected chi connectivity index (χ3v) is 6.10. The van der Waals surface area contributed by atoms with Gasteiger partial charge in [-0.15, -0.1) is 0 Å². The highest BCUT2D eigenvalue weighted by Gasteiger charge is 2.35. The summed E-state index contributed by atoms with van der Waals surface area (Å²) in [7, 11) is -3.74. The summed E-state index contributed by atoms with van der Waals surface area (Å²) in [4.78, 5) is 10.2. The first kappa shape index (κ1) is 15.7. The van der Waals surface area contributed by atoms with Crippen LogP contribution in [0.1, 0.15) is 26.7 Å². The van der Waals surface area contributed by atoms with Crippen LogP contribution in [0, 0.1) is 16.0 Å². The van der Waals surface area contributed by atoms with E-state index in [4.69, 9.17) is 5.73 Å². The maximum Gasteiger partial charge on any atom is 0.293 e. The summed E-state index contributed by atoms with van der Waals surface area (Å²) >= 11 is 0. The molecule has 1 heterocycles. The zero-order chi connectivity index (χ0) is 15.8. The predicted molar refractivity (Wildman–Crippen MR) is 79.3 cm³/mol. The Morgan fingerprint density at radius 1 is 1.38 bits per heavy atom. The lowest BCUT2D eigenvalue weighted by Gasteiger charge is -2.36. The van der Waals surface area contributed by atoms with E-state index < -0.39 is 14.9 Å². The molecule has 2 rings (SSSR count). The summed E-state index contributed by atoms with van der Waals surface area (Å²) in [6.07, 6.45) is 1.77. The van der Waals surface area contributed by atoms with Crippen molar-refractivity contribution in [2.24, 2.45) is 5.92 Å². The molecule has 1 aliphatic rings. The molecule has 0 saturated carbocycles. The lowest BCUT2D eigenvalue weighted by atomic mass is 9.94. The first-order valence-electron chi connectivity index (χ1n) is 6.81. The van der Waals surface area contributed by atoms with Gasteiger partial charge in [-0.2, -0.15) is 4.31 Å². The van der Waals surface area contributed by atoms with Gasteiger partial charge in [-0.1, -0.05) is 6.92 Å². The van der Waals surface area contributed by atoms with Crippen molar-refractivity contribution < 1.29 is 13.3 Å². The number of nitrogens with zero attached hydrogens (tertiary/aromatic N) is 2. The van der Waals surface area contributed by atoms with Crippen molar-refractivity contribution in [3.8, 4) is 0 Å². The molecular weight excluding hydrogens is 294 g/mol. The highest BCUT2D eigenvalue weighted by Crippen LogP contribution is 2.31. The topological polar surface area (TPSA) is 107 Å². The summed E-state index contributed by atoms with van der Waals surface area (Å²) in [6.45, 7) is 4.32. The number of hydrogen-bond donors (Lipinski definition) is 1. The minimum absolute atomic E-state index is 0.0426. The maximum atomic E-state index is 12.7. The summed E-state index contributed by atoms with van der Waals surface area (Å²) < 4.78 is 26.8. The molecular formula is C13H19N3O4S. The Hall–Kier alpha value is -1.67. The fraction of sp³-hybridized carbons (Fsp3) is 0.538. The number of hydrogen-bond acceptors (Lipinski definition) is 5. The lowest BCUT2D eigenvalue weighted by molar-refractivity contribution is -0.384. The second kappa shape index (κ2) is 5.61. The fourth-order valence-electron chi connectivity index (χ4n) is 2.61. The number of anilines is 1. The Morgan fingerprint density at radius 2 is 2.05 bits per heavy atom. The van der Waals surface area contributed by atoms with E-state index in [2.05, 4.69) is 0 Å². The molecule has 0 bridgehead atoms. The van der Waals surface area contributed by atoms with Gasteiger partial charge in [0.25, 0.3) is 5.69 Å². The van der Waals surface area contributed by atoms with Gasteiger partial charge in [0.15, 0.2) is 0 Å². The second-order valence-electron chi connectivity index (χ2n) is 5.45. The van der Waals surface area contributed by atoms with Gasteiger partial charge in [-0.3, -0.25) is 10.1 Å². The Morgan fingerprint density at radius 3 is 2.67 bits per heavy atom. The van der Waals surface area contributed by atoms with Crippen LogP contribution in [-0.4, -0.2) is 30.2 Å². The number of nitro groups is 1. The average Bonchev–Trinajstić information content (AvgIpc) is 2.41. The Labute approximate surface area is 123 Å². The molecule has 0 radical (unpaired) electrons. The number of sulfonamides is 1. The van der Waals surface area contributed by atoms with Crippen LogP contribution in [0.5, 0.6) is 0 Å². The molecule has 0 spiro atoms. The van der Waals surface area contributed by atoms with E-state index in [9.17, 15) is 18.5 Å². The zero-order valence-electron chi connectivity index (χ0n) is 12.0. The van der Waals surface area contributed by atoms with Crippen LogP contribution in [0.2, 0.25) is 0 Å². The number of nitrogen functional groups attached to an aromatic ring is 1. The molecule has 8 heteroatoms. The standard InChI is InChI=1S/C13H19N3O4S/c1-9-4-3-7-15(10(9)2)21(19,20)11-5-6-12(14)13(8-11)16(17)18/h5-6,8-10H,3-4,7,14H2,1-2H3. The first-order valence-corrected chi connectivity index (χ1v) is 8.25. The van der Waals surface area contributed by atoms with Crippen molar-refractivity contribution in [2.75, 3.05) is 12.3 Å². The van der Waals surface area contributed by atoms with Gasteiger partial charge in [0.1, 0.15) is 5.69 Å². The van der Waals surface area contributed by atoms with E-state index in [1.54, 1.807) is 0 Å². The highest BCUT2D eigenvalue weighted by molar-refractivity contribution is 7.89. The molecule has 1 saturated heterocycles. The van der Waals surface area contributed by atoms with Crippen molar-refractivity contribution in [3.63, 3.8) is 0 Å². The molecule has 0 aromatic heterocycles. The van der Waals surface area contributed by atoms with Crippen molar-refractivity contribution >= 4 is 21.4 Å². The molecule has 116 valence electrons. The zero-order valence-corrected chi connectivity index (χ0v) is 12.8. The first-order chi connectivity index (χ1) is 9.75. The normalized spacial score (nSPS) is 23.9. The summed E-state index contributed by atoms with van der Waals surface area (Å²) in [5, 5.41) is 10.9. The minimum atomic E-state index is -3.74. The molecule has 1 fully saturated rings. The van der Waals surface area contributed by atoms with Gasteiger partial charge in [0, 0.05) is 18.7 Å². The van der Waals surface area contributed by atoms with E-state index in [0.29, 0.717) is 6.54 Å². The summed E-state index contributed by atoms with van der Waals surface area (Å²) in [6, 6.07) is 3.50. The molecule has 0 amide bonds. The lowest BCUT2D eigenvalue weighted by Crippen LogP contribution is -2.45. The van der Waals surface area contributed by atoms with Crippen LogP contribution in [0.25, 0.3) is 0 Å². The van der Waals surface area contributed by atoms with Crippen LogP contribution >= 0.6 is 0 Å². The molecule has 21 heavy (non-hydrogen) atoms. The molecule has 7 nitrogen and oxygen atoms in total. The summed E-state index contributed by atoms with van der Waals surface area (Å²) in [5.74, 6) is 0.261. The smallest absolute Gasteiger partial charge is 0.293 e. The van der Waals surface area contributed by atoms with Crippen LogP contribution in [0.3, 0.4) is 0 Å². The maximum absolute atomic E-state index is 12.7. The van der Waals surface area contributed by atoms with Crippen LogP contribution in [-0.2, 0) is 10.0 Å². The molecule has 1 aliphatic heterocycles. The largest absolute Gasteiger partial charge is 0.393 e. The number of benzene rings is 1. The van der Waals surface area contributed by atoms with E-state index in [-0.39, 0.29) is 28.2 Å². The Bertz CT molecular complexity index is 659. The average molecular weight is 313 g/mol. The van der Waals surface area contributed by atoms with Crippen LogP contribution < -0.4 is 5.73 Å². The predicted octanol–water partition coefficient (Wildman–Crippen LogP) is 1.99. The van der Waals surface area contributed by atoms with E-state index in [1.807, 2.05) is 13.8 Å². The van der Waals surface area contributed by atoms with Gasteiger partial charge in [0.2, 0.25) is 10.0 Å². The van der Waals surface area contributed by atoms with Gasteiger partial charge in [0.05, 0.1) is 9.82 Å². The Kier molecular flexibility index (Phi) is 4.20. The van der Waals surface area contributed by atoms with Crippen LogP contribution in [0.15, 0.2) is 23.1 Å². The second-order valence-corrected chi connectivity index (χ2v) is 7.34. The van der Waals surface area contributed by atoms with Gasteiger partial charge in [-0.25, -0.2) is 8.42 Å². The fourth-order valence-corrected chi connectivity index (χ4v) is 4.40. The third kappa shape index (κ3) is 2.86. The number of piperidine rings is 1. The molecule has 1 aromatic carbocycles. The van der Waals surface area contributed by atoms with E-state index >= 15 is 0 Å². The quantitative estimate of drug-likeness (QED) is 0.521. The van der Waals surface area contributed by atoms with E-state index in [0.717, 1.165) is 18.9 Å². The molecule has 0 aliphatic carbocycles. The van der Waals surface area contributed by atoms with Gasteiger partial charge >= 0.3 is 0 Å². The monoisotopic (exact) mass is 313 g/mol. The third-order valence-electron chi connectivity index (χ3n) is 4.12. The van der Waals surface area contributed by atoms with E-state index in [1.165, 1.54) is 16.4 Å². The molecule has 1 aromatic rings. The molecule has 2 N–H and O–H groups in total. The van der Waals surface area contributed by atoms with Crippen molar-refractivity contribution in [1.82, 2.24) is 4.31 Å². The Balaban J connectivity index is 2.44. The summed E-state index contributed by atoms with van der Waals surface area (Å²) in [5.41, 5.74) is 5.09. The number of nitro benzene ring substituents is 1. The van der Waals surface area contributed by atoms with Crippen molar-refractivity contribution in [2.45, 2.75) is 37.6 Å². The molecule has 2 unspecified atom stereocenters. The van der Waals surface area contributed by atoms with Crippen LogP contribution in [0.4, 0.5) is 11.4 Å². The van der Waals surface area contributed by atoms with Crippen molar-refractivity contribution in [3.05, 3.63) is 28.3 Å². The minimum Gasteiger partial charge on any atom is -0.393 e. The number of nitrogens with two attached hydrogens (primary N) is 1. The van der Waals surface area contributed by atoms with Crippen molar-refractivity contribution in [1.29, 1.82) is 0 Å². The van der Waals surface area contributed by atoms with Gasteiger partial charge < -0.3 is 5.73 Å². The highest BCUT2D eigenvalue weighted by atomic mass is 32.2. The molecule has 2 atom stereocenters. The number of rotatable bonds is 3. The van der Waals surface area contributed by atoms with Gasteiger partial charge in [-0.05, 0) is 37.8 Å².